The molecule has 0 aliphatic heterocycles. The van der Waals surface area contributed by atoms with E-state index in [-0.39, 0.29) is 5.91 Å². The third-order valence-corrected chi connectivity index (χ3v) is 3.16. The quantitative estimate of drug-likeness (QED) is 0.724. The van der Waals surface area contributed by atoms with Crippen molar-refractivity contribution in [1.29, 1.82) is 5.26 Å². The molecule has 0 radical (unpaired) electrons. The largest absolute Gasteiger partial charge is 0.376 e. The van der Waals surface area contributed by atoms with E-state index in [1.54, 1.807) is 11.9 Å². The molecule has 0 aromatic heterocycles. The molecule has 0 saturated carbocycles. The van der Waals surface area contributed by atoms with Gasteiger partial charge in [0.15, 0.2) is 0 Å². The van der Waals surface area contributed by atoms with Crippen molar-refractivity contribution in [3.05, 3.63) is 34.3 Å². The van der Waals surface area contributed by atoms with E-state index in [0.29, 0.717) is 32.6 Å². The minimum absolute atomic E-state index is 0.00561. The zero-order chi connectivity index (χ0) is 14.1. The van der Waals surface area contributed by atoms with Crippen molar-refractivity contribution in [3.63, 3.8) is 0 Å². The molecule has 4 nitrogen and oxygen atoms in total. The maximum absolute atomic E-state index is 11.6. The molecule has 0 bridgehead atoms. The minimum Gasteiger partial charge on any atom is -0.376 e. The number of halogens is 1. The van der Waals surface area contributed by atoms with Crippen molar-refractivity contribution in [1.82, 2.24) is 4.90 Å². The van der Waals surface area contributed by atoms with Crippen molar-refractivity contribution in [2.45, 2.75) is 19.4 Å². The van der Waals surface area contributed by atoms with E-state index < -0.39 is 0 Å². The fraction of sp³-hybridized carbons (Fsp3) is 0.429. The minimum atomic E-state index is 0.00561. The Bertz CT molecular complexity index is 440. The topological polar surface area (TPSA) is 53.3 Å². The number of benzene rings is 1. The Labute approximate surface area is 122 Å². The molecule has 0 aliphatic carbocycles. The van der Waals surface area contributed by atoms with Crippen LogP contribution in [0, 0.1) is 11.3 Å². The van der Waals surface area contributed by atoms with E-state index >= 15 is 0 Å². The number of carbonyl (C=O) groups excluding carboxylic acids is 1. The van der Waals surface area contributed by atoms with Gasteiger partial charge in [0, 0.05) is 18.1 Å². The van der Waals surface area contributed by atoms with Gasteiger partial charge < -0.3 is 9.64 Å². The van der Waals surface area contributed by atoms with Gasteiger partial charge >= 0.3 is 0 Å². The van der Waals surface area contributed by atoms with Crippen LogP contribution in [0.4, 0.5) is 0 Å². The van der Waals surface area contributed by atoms with Crippen LogP contribution in [0.5, 0.6) is 0 Å². The first-order valence-electron chi connectivity index (χ1n) is 6.06. The summed E-state index contributed by atoms with van der Waals surface area (Å²) in [4.78, 5) is 13.2. The van der Waals surface area contributed by atoms with Crippen LogP contribution in [0.2, 0.25) is 0 Å². The molecule has 102 valence electrons. The molecule has 5 heteroatoms. The second-order valence-corrected chi connectivity index (χ2v) is 5.07. The molecular weight excluding hydrogens is 308 g/mol. The van der Waals surface area contributed by atoms with E-state index in [1.807, 2.05) is 30.3 Å². The van der Waals surface area contributed by atoms with Gasteiger partial charge in [-0.1, -0.05) is 28.1 Å². The molecule has 1 aromatic rings. The van der Waals surface area contributed by atoms with Crippen LogP contribution in [0.3, 0.4) is 0 Å². The molecule has 0 saturated heterocycles. The molecule has 0 atom stereocenters. The van der Waals surface area contributed by atoms with E-state index in [9.17, 15) is 4.79 Å². The molecule has 0 aliphatic rings. The predicted octanol–water partition coefficient (Wildman–Crippen LogP) is 2.73. The molecule has 0 N–H and O–H groups in total. The van der Waals surface area contributed by atoms with Crippen molar-refractivity contribution in [2.24, 2.45) is 0 Å². The summed E-state index contributed by atoms with van der Waals surface area (Å²) in [6.45, 7) is 1.37. The third kappa shape index (κ3) is 6.37. The Hall–Kier alpha value is -1.38. The summed E-state index contributed by atoms with van der Waals surface area (Å²) in [6, 6.07) is 9.89. The van der Waals surface area contributed by atoms with Crippen molar-refractivity contribution < 1.29 is 9.53 Å². The highest BCUT2D eigenvalue weighted by Crippen LogP contribution is 2.11. The lowest BCUT2D eigenvalue weighted by molar-refractivity contribution is -0.131. The molecule has 0 fully saturated rings. The molecular formula is C14H17BrN2O2. The van der Waals surface area contributed by atoms with Gasteiger partial charge in [-0.25, -0.2) is 0 Å². The molecule has 19 heavy (non-hydrogen) atoms. The van der Waals surface area contributed by atoms with E-state index in [2.05, 4.69) is 15.9 Å². The van der Waals surface area contributed by atoms with Gasteiger partial charge in [-0.3, -0.25) is 4.79 Å². The van der Waals surface area contributed by atoms with E-state index in [1.165, 1.54) is 0 Å². The lowest BCUT2D eigenvalue weighted by atomic mass is 10.2. The number of ether oxygens (including phenoxy) is 1. The summed E-state index contributed by atoms with van der Waals surface area (Å²) < 4.78 is 6.49. The molecule has 1 rings (SSSR count). The number of hydrogen-bond acceptors (Lipinski definition) is 3. The number of rotatable bonds is 7. The van der Waals surface area contributed by atoms with Gasteiger partial charge in [0.25, 0.3) is 0 Å². The zero-order valence-corrected chi connectivity index (χ0v) is 12.5. The molecule has 0 spiro atoms. The van der Waals surface area contributed by atoms with E-state index in [0.717, 1.165) is 10.0 Å². The third-order valence-electron chi connectivity index (χ3n) is 2.63. The molecule has 1 aromatic carbocycles. The molecule has 1 amide bonds. The highest BCUT2D eigenvalue weighted by atomic mass is 79.9. The summed E-state index contributed by atoms with van der Waals surface area (Å²) in [6.07, 6.45) is 0.709. The second kappa shape index (κ2) is 8.68. The first kappa shape index (κ1) is 15.7. The van der Waals surface area contributed by atoms with Crippen LogP contribution in [0.25, 0.3) is 0 Å². The summed E-state index contributed by atoms with van der Waals surface area (Å²) >= 11 is 3.37. The van der Waals surface area contributed by atoms with Gasteiger partial charge in [-0.15, -0.1) is 0 Å². The summed E-state index contributed by atoms with van der Waals surface area (Å²) in [5.74, 6) is 0.00561. The average Bonchev–Trinajstić information content (AvgIpc) is 2.42. The summed E-state index contributed by atoms with van der Waals surface area (Å²) in [5, 5.41) is 8.44. The van der Waals surface area contributed by atoms with Gasteiger partial charge in [-0.2, -0.15) is 5.26 Å². The Morgan fingerprint density at radius 2 is 2.11 bits per heavy atom. The Kier molecular flexibility index (Phi) is 7.16. The maximum atomic E-state index is 11.6. The fourth-order valence-corrected chi connectivity index (χ4v) is 1.73. The highest BCUT2D eigenvalue weighted by Gasteiger charge is 2.07. The zero-order valence-electron chi connectivity index (χ0n) is 10.9. The number of carbonyl (C=O) groups is 1. The van der Waals surface area contributed by atoms with Gasteiger partial charge in [-0.05, 0) is 17.7 Å². The lowest BCUT2D eigenvalue weighted by Gasteiger charge is -2.15. The summed E-state index contributed by atoms with van der Waals surface area (Å²) in [7, 11) is 1.70. The SMILES string of the molecule is CN(CCC#N)C(=O)CCOCc1ccc(Br)cc1. The Morgan fingerprint density at radius 1 is 1.42 bits per heavy atom. The van der Waals surface area contributed by atoms with Crippen LogP contribution < -0.4 is 0 Å². The Morgan fingerprint density at radius 3 is 2.74 bits per heavy atom. The van der Waals surface area contributed by atoms with Crippen LogP contribution in [0.1, 0.15) is 18.4 Å². The second-order valence-electron chi connectivity index (χ2n) is 4.15. The van der Waals surface area contributed by atoms with Crippen molar-refractivity contribution in [3.8, 4) is 6.07 Å². The standard InChI is InChI=1S/C14H17BrN2O2/c1-17(9-2-8-16)14(18)7-10-19-11-12-3-5-13(15)6-4-12/h3-6H,2,7,9-11H2,1H3. The fourth-order valence-electron chi connectivity index (χ4n) is 1.46. The van der Waals surface area contributed by atoms with Crippen LogP contribution in [0.15, 0.2) is 28.7 Å². The van der Waals surface area contributed by atoms with Gasteiger partial charge in [0.2, 0.25) is 5.91 Å². The predicted molar refractivity (Wildman–Crippen MR) is 76.3 cm³/mol. The van der Waals surface area contributed by atoms with Crippen LogP contribution >= 0.6 is 15.9 Å². The average molecular weight is 325 g/mol. The molecule has 0 unspecified atom stereocenters. The number of nitrogens with zero attached hydrogens (tertiary/aromatic N) is 2. The van der Waals surface area contributed by atoms with Crippen LogP contribution in [-0.2, 0) is 16.1 Å². The van der Waals surface area contributed by atoms with Gasteiger partial charge in [0.05, 0.1) is 32.1 Å². The highest BCUT2D eigenvalue weighted by molar-refractivity contribution is 9.10. The number of amides is 1. The maximum Gasteiger partial charge on any atom is 0.224 e. The normalized spacial score (nSPS) is 9.95. The van der Waals surface area contributed by atoms with Gasteiger partial charge in [0.1, 0.15) is 0 Å². The number of nitriles is 1. The lowest BCUT2D eigenvalue weighted by Crippen LogP contribution is -2.28. The molecule has 0 heterocycles. The van der Waals surface area contributed by atoms with Crippen molar-refractivity contribution in [2.75, 3.05) is 20.2 Å². The summed E-state index contributed by atoms with van der Waals surface area (Å²) in [5.41, 5.74) is 1.08. The van der Waals surface area contributed by atoms with Crippen molar-refractivity contribution >= 4 is 21.8 Å². The van der Waals surface area contributed by atoms with E-state index in [4.69, 9.17) is 10.00 Å². The Balaban J connectivity index is 2.18. The van der Waals surface area contributed by atoms with Crippen LogP contribution in [-0.4, -0.2) is 31.0 Å². The monoisotopic (exact) mass is 324 g/mol. The first-order valence-corrected chi connectivity index (χ1v) is 6.86. The number of hydrogen-bond donors (Lipinski definition) is 0. The smallest absolute Gasteiger partial charge is 0.224 e. The first-order chi connectivity index (χ1) is 9.13.